The number of nitrogens with zero attached hydrogens (tertiary/aromatic N) is 5. The maximum Gasteiger partial charge on any atom is 0.163 e. The van der Waals surface area contributed by atoms with Gasteiger partial charge in [0, 0.05) is 19.6 Å². The van der Waals surface area contributed by atoms with Gasteiger partial charge in [-0.3, -0.25) is 9.58 Å². The number of likely N-dealkylation sites (tertiary alicyclic amines) is 1. The van der Waals surface area contributed by atoms with E-state index in [-0.39, 0.29) is 0 Å². The van der Waals surface area contributed by atoms with E-state index >= 15 is 0 Å². The molecule has 120 valence electrons. The van der Waals surface area contributed by atoms with E-state index in [4.69, 9.17) is 0 Å². The van der Waals surface area contributed by atoms with Gasteiger partial charge in [0.25, 0.3) is 0 Å². The molecule has 22 heavy (non-hydrogen) atoms. The van der Waals surface area contributed by atoms with Crippen molar-refractivity contribution in [2.45, 2.75) is 39.2 Å². The number of anilines is 1. The maximum atomic E-state index is 4.40. The molecule has 0 bridgehead atoms. The lowest BCUT2D eigenvalue weighted by atomic mass is 10.0. The summed E-state index contributed by atoms with van der Waals surface area (Å²) in [4.78, 5) is 11.3. The Bertz CT molecular complexity index is 614. The highest BCUT2D eigenvalue weighted by Crippen LogP contribution is 2.21. The predicted octanol–water partition coefficient (Wildman–Crippen LogP) is 2.29. The Kier molecular flexibility index (Phi) is 4.57. The summed E-state index contributed by atoms with van der Waals surface area (Å²) in [6.45, 7) is 7.98. The van der Waals surface area contributed by atoms with E-state index in [0.717, 1.165) is 23.4 Å². The third kappa shape index (κ3) is 3.21. The molecule has 3 rings (SSSR count). The van der Waals surface area contributed by atoms with Gasteiger partial charge in [-0.15, -0.1) is 0 Å². The number of fused-ring (bicyclic) bond motifs is 1. The monoisotopic (exact) mass is 302 g/mol. The van der Waals surface area contributed by atoms with E-state index in [9.17, 15) is 0 Å². The molecule has 0 radical (unpaired) electrons. The van der Waals surface area contributed by atoms with Crippen LogP contribution in [-0.4, -0.2) is 50.3 Å². The number of rotatable bonds is 6. The SMILES string of the molecule is CC(C)C[C@H](CNc1ncnc2c1cnn2C)N1CCCC1. The van der Waals surface area contributed by atoms with Gasteiger partial charge in [-0.2, -0.15) is 5.10 Å². The molecule has 1 atom stereocenters. The Morgan fingerprint density at radius 1 is 1.23 bits per heavy atom. The fourth-order valence-electron chi connectivity index (χ4n) is 3.33. The highest BCUT2D eigenvalue weighted by atomic mass is 15.3. The van der Waals surface area contributed by atoms with E-state index in [1.54, 1.807) is 11.0 Å². The molecule has 1 aliphatic rings. The van der Waals surface area contributed by atoms with Crippen molar-refractivity contribution in [1.82, 2.24) is 24.6 Å². The van der Waals surface area contributed by atoms with Gasteiger partial charge in [0.1, 0.15) is 12.1 Å². The predicted molar refractivity (Wildman–Crippen MR) is 88.8 cm³/mol. The van der Waals surface area contributed by atoms with Crippen LogP contribution in [0.15, 0.2) is 12.5 Å². The molecule has 0 amide bonds. The molecule has 6 heteroatoms. The second-order valence-electron chi connectivity index (χ2n) is 6.64. The molecular weight excluding hydrogens is 276 g/mol. The molecule has 0 unspecified atom stereocenters. The van der Waals surface area contributed by atoms with Crippen molar-refractivity contribution in [3.05, 3.63) is 12.5 Å². The largest absolute Gasteiger partial charge is 0.368 e. The molecule has 6 nitrogen and oxygen atoms in total. The van der Waals surface area contributed by atoms with Crippen LogP contribution < -0.4 is 5.32 Å². The quantitative estimate of drug-likeness (QED) is 0.887. The molecule has 1 aliphatic heterocycles. The van der Waals surface area contributed by atoms with Gasteiger partial charge in [-0.25, -0.2) is 9.97 Å². The van der Waals surface area contributed by atoms with Crippen molar-refractivity contribution < 1.29 is 0 Å². The first-order chi connectivity index (χ1) is 10.6. The molecule has 1 fully saturated rings. The summed E-state index contributed by atoms with van der Waals surface area (Å²) >= 11 is 0. The third-order valence-corrected chi connectivity index (χ3v) is 4.44. The fraction of sp³-hybridized carbons (Fsp3) is 0.688. The van der Waals surface area contributed by atoms with E-state index in [1.165, 1.54) is 32.4 Å². The summed E-state index contributed by atoms with van der Waals surface area (Å²) in [6, 6.07) is 0.573. The minimum Gasteiger partial charge on any atom is -0.368 e. The van der Waals surface area contributed by atoms with Crippen molar-refractivity contribution in [2.75, 3.05) is 25.0 Å². The molecule has 2 aromatic rings. The second kappa shape index (κ2) is 6.60. The smallest absolute Gasteiger partial charge is 0.163 e. The normalized spacial score (nSPS) is 17.5. The van der Waals surface area contributed by atoms with Crippen molar-refractivity contribution in [1.29, 1.82) is 0 Å². The van der Waals surface area contributed by atoms with Gasteiger partial charge in [-0.1, -0.05) is 13.8 Å². The van der Waals surface area contributed by atoms with E-state index < -0.39 is 0 Å². The highest BCUT2D eigenvalue weighted by molar-refractivity contribution is 5.85. The Balaban J connectivity index is 1.72. The summed E-state index contributed by atoms with van der Waals surface area (Å²) < 4.78 is 1.79. The zero-order valence-corrected chi connectivity index (χ0v) is 13.8. The van der Waals surface area contributed by atoms with Crippen molar-refractivity contribution in [2.24, 2.45) is 13.0 Å². The lowest BCUT2D eigenvalue weighted by Crippen LogP contribution is -2.39. The van der Waals surface area contributed by atoms with Crippen LogP contribution in [0.5, 0.6) is 0 Å². The zero-order valence-electron chi connectivity index (χ0n) is 13.8. The standard InChI is InChI=1S/C16H26N6/c1-12(2)8-13(22-6-4-5-7-22)9-17-15-14-10-20-21(3)16(14)19-11-18-15/h10-13H,4-9H2,1-3H3,(H,17,18,19)/t13-/m1/s1. The first-order valence-electron chi connectivity index (χ1n) is 8.25. The highest BCUT2D eigenvalue weighted by Gasteiger charge is 2.23. The number of nitrogens with one attached hydrogen (secondary N) is 1. The van der Waals surface area contributed by atoms with E-state index in [2.05, 4.69) is 39.1 Å². The van der Waals surface area contributed by atoms with Gasteiger partial charge < -0.3 is 5.32 Å². The van der Waals surface area contributed by atoms with Crippen molar-refractivity contribution in [3.8, 4) is 0 Å². The first-order valence-corrected chi connectivity index (χ1v) is 8.25. The molecule has 1 saturated heterocycles. The Labute approximate surface area is 131 Å². The van der Waals surface area contributed by atoms with Crippen LogP contribution in [0.4, 0.5) is 5.82 Å². The molecule has 0 aromatic carbocycles. The minimum atomic E-state index is 0.573. The molecule has 2 aromatic heterocycles. The lowest BCUT2D eigenvalue weighted by molar-refractivity contribution is 0.222. The van der Waals surface area contributed by atoms with Gasteiger partial charge in [0.15, 0.2) is 5.65 Å². The van der Waals surface area contributed by atoms with E-state index in [1.807, 2.05) is 13.2 Å². The van der Waals surface area contributed by atoms with Crippen LogP contribution in [0.2, 0.25) is 0 Å². The Hall–Kier alpha value is -1.69. The van der Waals surface area contributed by atoms with Crippen molar-refractivity contribution >= 4 is 16.9 Å². The third-order valence-electron chi connectivity index (χ3n) is 4.44. The minimum absolute atomic E-state index is 0.573. The fourth-order valence-corrected chi connectivity index (χ4v) is 3.33. The molecular formula is C16H26N6. The molecule has 0 saturated carbocycles. The zero-order chi connectivity index (χ0) is 15.5. The number of hydrogen-bond acceptors (Lipinski definition) is 5. The molecule has 0 spiro atoms. The summed E-state index contributed by atoms with van der Waals surface area (Å²) in [5.41, 5.74) is 0.874. The second-order valence-corrected chi connectivity index (χ2v) is 6.64. The Morgan fingerprint density at radius 3 is 2.73 bits per heavy atom. The summed E-state index contributed by atoms with van der Waals surface area (Å²) in [5.74, 6) is 1.60. The number of aryl methyl sites for hydroxylation is 1. The van der Waals surface area contributed by atoms with Crippen LogP contribution in [0, 0.1) is 5.92 Å². The summed E-state index contributed by atoms with van der Waals surface area (Å²) in [6.07, 6.45) is 7.32. The van der Waals surface area contributed by atoms with Gasteiger partial charge in [0.2, 0.25) is 0 Å². The van der Waals surface area contributed by atoms with Crippen molar-refractivity contribution in [3.63, 3.8) is 0 Å². The van der Waals surface area contributed by atoms with Gasteiger partial charge in [-0.05, 0) is 38.3 Å². The molecule has 0 aliphatic carbocycles. The van der Waals surface area contributed by atoms with Crippen LogP contribution in [0.25, 0.3) is 11.0 Å². The van der Waals surface area contributed by atoms with Crippen LogP contribution in [0.1, 0.15) is 33.1 Å². The average Bonchev–Trinajstić information content (AvgIpc) is 3.14. The van der Waals surface area contributed by atoms with Gasteiger partial charge in [0.05, 0.1) is 11.6 Å². The van der Waals surface area contributed by atoms with Crippen LogP contribution in [0.3, 0.4) is 0 Å². The topological polar surface area (TPSA) is 58.9 Å². The van der Waals surface area contributed by atoms with Crippen LogP contribution >= 0.6 is 0 Å². The van der Waals surface area contributed by atoms with Gasteiger partial charge >= 0.3 is 0 Å². The molecule has 1 N–H and O–H groups in total. The Morgan fingerprint density at radius 2 is 2.00 bits per heavy atom. The lowest BCUT2D eigenvalue weighted by Gasteiger charge is -2.29. The number of hydrogen-bond donors (Lipinski definition) is 1. The average molecular weight is 302 g/mol. The van der Waals surface area contributed by atoms with E-state index in [0.29, 0.717) is 12.0 Å². The molecule has 3 heterocycles. The van der Waals surface area contributed by atoms with Crippen LogP contribution in [-0.2, 0) is 7.05 Å². The maximum absolute atomic E-state index is 4.40. The summed E-state index contributed by atoms with van der Waals surface area (Å²) in [7, 11) is 1.91. The summed E-state index contributed by atoms with van der Waals surface area (Å²) in [5, 5.41) is 8.81. The number of aromatic nitrogens is 4. The first kappa shape index (κ1) is 15.2.